The Kier molecular flexibility index (Phi) is 41.9. The fourth-order valence-corrected chi connectivity index (χ4v) is 23.1. The molecule has 6 atom stereocenters. The third-order valence-electron chi connectivity index (χ3n) is 31.3. The van der Waals surface area contributed by atoms with Crippen molar-refractivity contribution in [2.75, 3.05) is 144 Å². The van der Waals surface area contributed by atoms with Gasteiger partial charge in [0.1, 0.15) is 0 Å². The average Bonchev–Trinajstić information content (AvgIpc) is 0.830. The molecule has 8 amide bonds. The van der Waals surface area contributed by atoms with Crippen molar-refractivity contribution >= 4 is 47.3 Å². The van der Waals surface area contributed by atoms with Gasteiger partial charge >= 0.3 is 0 Å². The first-order valence-corrected chi connectivity index (χ1v) is 50.0. The maximum Gasteiger partial charge on any atom is 0.246 e. The van der Waals surface area contributed by atoms with Crippen LogP contribution in [-0.4, -0.2) is 240 Å². The number of allylic oxidation sites excluding steroid dienone is 10. The first-order valence-electron chi connectivity index (χ1n) is 50.0. The van der Waals surface area contributed by atoms with Gasteiger partial charge in [0, 0.05) is 182 Å². The Labute approximate surface area is 767 Å². The lowest BCUT2D eigenvalue weighted by atomic mass is 9.62. The number of carbonyl (C=O) groups excluding carboxylic acids is 8. The van der Waals surface area contributed by atoms with Crippen LogP contribution in [0.5, 0.6) is 0 Å². The van der Waals surface area contributed by atoms with Crippen LogP contribution in [0.2, 0.25) is 0 Å². The van der Waals surface area contributed by atoms with Crippen LogP contribution >= 0.6 is 0 Å². The predicted molar refractivity (Wildman–Crippen MR) is 520 cm³/mol. The molecule has 6 saturated heterocycles. The van der Waals surface area contributed by atoms with Crippen LogP contribution in [0.4, 0.5) is 0 Å². The van der Waals surface area contributed by atoms with E-state index in [0.29, 0.717) is 112 Å². The van der Waals surface area contributed by atoms with Gasteiger partial charge in [0.05, 0.1) is 6.54 Å². The fourth-order valence-electron chi connectivity index (χ4n) is 23.1. The van der Waals surface area contributed by atoms with Crippen LogP contribution in [-0.2, 0) is 38.4 Å². The normalized spacial score (nSPS) is 26.3. The summed E-state index contributed by atoms with van der Waals surface area (Å²) in [5.74, 6) is 5.44. The molecule has 0 spiro atoms. The van der Waals surface area contributed by atoms with Crippen LogP contribution in [0.15, 0.2) is 107 Å². The summed E-state index contributed by atoms with van der Waals surface area (Å²) in [6.07, 6.45) is 48.3. The minimum atomic E-state index is 0.0920. The largest absolute Gasteiger partial charge is 0.386 e. The molecule has 1 N–H and O–H groups in total. The topological polar surface area (TPSA) is 181 Å². The lowest BCUT2D eigenvalue weighted by molar-refractivity contribution is -0.138. The molecule has 0 aromatic rings. The third-order valence-corrected chi connectivity index (χ3v) is 31.3. The molecule has 0 radical (unpaired) electrons. The van der Waals surface area contributed by atoms with E-state index in [-0.39, 0.29) is 63.5 Å². The second kappa shape index (κ2) is 49.8. The molecular weight excluding hydrogens is 1570 g/mol. The van der Waals surface area contributed by atoms with Crippen LogP contribution in [0.25, 0.3) is 0 Å². The van der Waals surface area contributed by atoms with Gasteiger partial charge in [0.25, 0.3) is 0 Å². The van der Waals surface area contributed by atoms with Crippen LogP contribution in [0, 0.1) is 68.0 Å². The van der Waals surface area contributed by atoms with E-state index in [1.807, 2.05) is 57.6 Å². The molecule has 0 aromatic heterocycles. The van der Waals surface area contributed by atoms with Gasteiger partial charge in [-0.3, -0.25) is 43.3 Å². The van der Waals surface area contributed by atoms with E-state index < -0.39 is 0 Å². The highest BCUT2D eigenvalue weighted by Gasteiger charge is 2.41. The number of rotatable bonds is 17. The number of nitrogens with zero attached hydrogens (tertiary/aromatic N) is 10. The quantitative estimate of drug-likeness (QED) is 0.137. The van der Waals surface area contributed by atoms with E-state index in [0.717, 1.165) is 128 Å². The number of likely N-dealkylation sites (tertiary alicyclic amines) is 1. The average molecular weight is 1750 g/mol. The van der Waals surface area contributed by atoms with Gasteiger partial charge in [-0.15, -0.1) is 0 Å². The highest BCUT2D eigenvalue weighted by Crippen LogP contribution is 2.49. The molecule has 710 valence electrons. The molecule has 12 aliphatic rings. The van der Waals surface area contributed by atoms with Gasteiger partial charge < -0.3 is 49.4 Å². The second-order valence-electron chi connectivity index (χ2n) is 43.7. The molecule has 6 aliphatic carbocycles. The number of piperidine rings is 1. The molecule has 6 aliphatic heterocycles. The zero-order chi connectivity index (χ0) is 92.9. The first-order chi connectivity index (χ1) is 59.4. The fraction of sp³-hybridized carbons (Fsp3) is 0.757. The highest BCUT2D eigenvalue weighted by atomic mass is 16.2. The van der Waals surface area contributed by atoms with Gasteiger partial charge in [0.2, 0.25) is 47.3 Å². The summed E-state index contributed by atoms with van der Waals surface area (Å²) < 4.78 is 0. The Morgan fingerprint density at radius 2 is 0.746 bits per heavy atom. The molecule has 126 heavy (non-hydrogen) atoms. The lowest BCUT2D eigenvalue weighted by Gasteiger charge is -2.43. The van der Waals surface area contributed by atoms with E-state index >= 15 is 0 Å². The van der Waals surface area contributed by atoms with Gasteiger partial charge in [-0.25, -0.2) is 0 Å². The second-order valence-corrected chi connectivity index (χ2v) is 43.7. The van der Waals surface area contributed by atoms with Crippen molar-refractivity contribution in [3.8, 4) is 0 Å². The number of nitrogens with one attached hydrogen (secondary N) is 1. The highest BCUT2D eigenvalue weighted by molar-refractivity contribution is 5.90. The summed E-state index contributed by atoms with van der Waals surface area (Å²) in [5.41, 5.74) is 11.0. The van der Waals surface area contributed by atoms with E-state index in [4.69, 9.17) is 0 Å². The lowest BCUT2D eigenvalue weighted by Crippen LogP contribution is -2.50. The van der Waals surface area contributed by atoms with Gasteiger partial charge in [-0.2, -0.15) is 0 Å². The van der Waals surface area contributed by atoms with Crippen molar-refractivity contribution in [3.05, 3.63) is 107 Å². The Morgan fingerprint density at radius 1 is 0.397 bits per heavy atom. The number of amides is 8. The minimum absolute atomic E-state index is 0.0920. The first kappa shape index (κ1) is 106. The molecule has 3 saturated carbocycles. The molecule has 9 fully saturated rings. The SMILES string of the molecule is C=C1CN(C(=O)/C=C/C2=C(C)CCCC2(C)C)CCN1.C=CN1CCN(C(=O)/C=C/C2=C(C)CCCC2(C)C)CC1.CC(=O)N1CCN(C(=O)CC[C@@H]2[C@@H](C)CCCC2(C)C)CC1.CC(=O)N1CCN(C(=O)CC[C@H]2[C@H](C)CCCC2(C)C)CC1.CCCN1CCN(C(=O)/C=C/C2=C(C)CCCC2(C)C)CC1.C[C@H]1CCCC(C)(C)[C@@H]1/C=C/C(=O)N1CCCCC1. The number of hydrogen-bond donors (Lipinski definition) is 1. The Morgan fingerprint density at radius 3 is 1.10 bits per heavy atom. The molecule has 6 heterocycles. The summed E-state index contributed by atoms with van der Waals surface area (Å²) in [4.78, 5) is 117. The van der Waals surface area contributed by atoms with E-state index in [1.54, 1.807) is 32.1 Å². The van der Waals surface area contributed by atoms with Gasteiger partial charge in [-0.1, -0.05) is 203 Å². The smallest absolute Gasteiger partial charge is 0.246 e. The van der Waals surface area contributed by atoms with Crippen molar-refractivity contribution < 1.29 is 38.4 Å². The minimum Gasteiger partial charge on any atom is -0.386 e. The van der Waals surface area contributed by atoms with E-state index in [2.05, 4.69) is 178 Å². The van der Waals surface area contributed by atoms with Crippen molar-refractivity contribution in [3.63, 3.8) is 0 Å². The molecule has 0 unspecified atom stereocenters. The monoisotopic (exact) mass is 1750 g/mol. The standard InChI is InChI=1S/C19H32N2O.2C18H32N2O2.C18H28N2O.C17H26N2O.C17H29NO/c1-5-11-20-12-14-21(15-13-20)18(22)9-8-17-16(2)7-6-10-19(17,3)4;2*1-14-6-5-9-18(3,4)16(14)7-8-17(22)20-12-10-19(11-13-20)15(2)21;1-5-19-11-13-20(14-12-19)17(21)9-8-16-15(2)7-6-10-18(16,3)4;1-13-6-5-9-17(3,4)15(13)7-8-16(20)19-11-10-18-14(2)12-19;1-14-8-7-11-17(2,3)15(14)9-10-16(19)18-12-5-4-6-13-18/h8-9H,5-7,10-15H2,1-4H3;2*14,16H,5-13H2,1-4H3;5,8-9H,1,6-7,10-14H2,2-4H3;7-8,18H,2,5-6,9-12H2,1,3-4H3;9-10,14-15H,4-8,11-13H2,1-3H3/b9-8+;;;9-8+;8-7+;10-9+/t;2*14-,16+;;;14-,15+/m.10..0/s1. The summed E-state index contributed by atoms with van der Waals surface area (Å²) in [7, 11) is 0. The molecule has 19 nitrogen and oxygen atoms in total. The maximum atomic E-state index is 12.5. The number of hydrogen-bond acceptors (Lipinski definition) is 11. The third kappa shape index (κ3) is 32.5. The Balaban J connectivity index is 0.000000208. The van der Waals surface area contributed by atoms with Gasteiger partial charge in [0.15, 0.2) is 0 Å². The summed E-state index contributed by atoms with van der Waals surface area (Å²) in [6.45, 7) is 72.4. The Bertz CT molecular complexity index is 3730. The van der Waals surface area contributed by atoms with E-state index in [1.165, 1.54) is 162 Å². The summed E-state index contributed by atoms with van der Waals surface area (Å²) in [5, 5.41) is 3.17. The summed E-state index contributed by atoms with van der Waals surface area (Å²) >= 11 is 0. The van der Waals surface area contributed by atoms with Crippen molar-refractivity contribution in [2.24, 2.45) is 68.0 Å². The number of carbonyl (C=O) groups is 8. The molecule has 0 aromatic carbocycles. The molecule has 12 rings (SSSR count). The predicted octanol–water partition coefficient (Wildman–Crippen LogP) is 19.9. The zero-order valence-electron chi connectivity index (χ0n) is 83.8. The zero-order valence-corrected chi connectivity index (χ0v) is 83.8. The molecule has 19 heteroatoms. The number of piperazine rings is 5. The molecule has 0 bridgehead atoms. The van der Waals surface area contributed by atoms with Crippen LogP contribution in [0.1, 0.15) is 312 Å². The Hall–Kier alpha value is -7.02. The molecular formula is C107H179N11O8. The summed E-state index contributed by atoms with van der Waals surface area (Å²) in [6, 6.07) is 0. The van der Waals surface area contributed by atoms with Gasteiger partial charge in [-0.05, 0) is 240 Å². The van der Waals surface area contributed by atoms with Crippen molar-refractivity contribution in [2.45, 2.75) is 312 Å². The van der Waals surface area contributed by atoms with Crippen molar-refractivity contribution in [1.29, 1.82) is 0 Å². The van der Waals surface area contributed by atoms with Crippen LogP contribution < -0.4 is 5.32 Å². The maximum absolute atomic E-state index is 12.5. The van der Waals surface area contributed by atoms with Crippen LogP contribution in [0.3, 0.4) is 0 Å². The van der Waals surface area contributed by atoms with Crippen molar-refractivity contribution in [1.82, 2.24) is 54.3 Å². The van der Waals surface area contributed by atoms with E-state index in [9.17, 15) is 38.4 Å².